The summed E-state index contributed by atoms with van der Waals surface area (Å²) in [7, 11) is 1.85. The van der Waals surface area contributed by atoms with Crippen molar-refractivity contribution in [3.63, 3.8) is 0 Å². The van der Waals surface area contributed by atoms with E-state index in [-0.39, 0.29) is 34.9 Å². The van der Waals surface area contributed by atoms with E-state index in [0.717, 1.165) is 24.9 Å². The van der Waals surface area contributed by atoms with Gasteiger partial charge < -0.3 is 14.6 Å². The molecule has 40 heavy (non-hydrogen) atoms. The molecule has 6 atom stereocenters. The fraction of sp³-hybridized carbons (Fsp3) is 0.629. The Labute approximate surface area is 242 Å². The number of carbonyl (C=O) groups is 1. The summed E-state index contributed by atoms with van der Waals surface area (Å²) < 4.78 is 12.2. The smallest absolute Gasteiger partial charge is 0.314 e. The first-order valence-corrected chi connectivity index (χ1v) is 15.1. The van der Waals surface area contributed by atoms with Crippen LogP contribution in [-0.4, -0.2) is 47.4 Å². The molecule has 2 aliphatic carbocycles. The zero-order valence-electron chi connectivity index (χ0n) is 25.9. The number of carbonyl (C=O) groups excluding carboxylic acids is 1. The van der Waals surface area contributed by atoms with Crippen LogP contribution in [0.1, 0.15) is 85.0 Å². The number of hydrogen-bond acceptors (Lipinski definition) is 5. The highest BCUT2D eigenvalue weighted by Crippen LogP contribution is 2.67. The number of rotatable bonds is 11. The second kappa shape index (κ2) is 12.0. The molecule has 0 aromatic heterocycles. The minimum Gasteiger partial charge on any atom is -0.460 e. The molecular weight excluding hydrogens is 498 g/mol. The lowest BCUT2D eigenvalue weighted by Crippen LogP contribution is -2.56. The van der Waals surface area contributed by atoms with Crippen LogP contribution in [0.4, 0.5) is 0 Å². The van der Waals surface area contributed by atoms with E-state index >= 15 is 0 Å². The Bertz CT molecular complexity index is 1110. The number of aliphatic hydroxyl groups excluding tert-OH is 1. The molecule has 2 fully saturated rings. The fourth-order valence-corrected chi connectivity index (χ4v) is 7.89. The first-order valence-electron chi connectivity index (χ1n) is 15.1. The summed E-state index contributed by atoms with van der Waals surface area (Å²) in [6, 6.07) is 19.8. The number of methoxy groups -OCH3 is 1. The molecule has 4 rings (SSSR count). The third-order valence-electron chi connectivity index (χ3n) is 9.99. The average molecular weight is 550 g/mol. The Morgan fingerprint density at radius 1 is 1.05 bits per heavy atom. The molecule has 1 N–H and O–H groups in total. The van der Waals surface area contributed by atoms with Gasteiger partial charge in [0.1, 0.15) is 11.5 Å². The lowest BCUT2D eigenvalue weighted by Gasteiger charge is -2.49. The van der Waals surface area contributed by atoms with Gasteiger partial charge in [-0.25, -0.2) is 0 Å². The van der Waals surface area contributed by atoms with Crippen molar-refractivity contribution in [3.05, 3.63) is 71.8 Å². The number of nitrogens with zero attached hydrogens (tertiary/aromatic N) is 1. The van der Waals surface area contributed by atoms with Crippen LogP contribution in [0.25, 0.3) is 0 Å². The van der Waals surface area contributed by atoms with Gasteiger partial charge in [-0.2, -0.15) is 0 Å². The topological polar surface area (TPSA) is 59.0 Å². The second-order valence-corrected chi connectivity index (χ2v) is 14.1. The molecular formula is C35H51NO4. The molecule has 2 aliphatic rings. The Hall–Kier alpha value is -2.21. The minimum atomic E-state index is -0.995. The number of fused-ring (bicyclic) bond motifs is 2. The van der Waals surface area contributed by atoms with E-state index in [9.17, 15) is 9.90 Å². The van der Waals surface area contributed by atoms with Crippen molar-refractivity contribution in [2.24, 2.45) is 28.6 Å². The van der Waals surface area contributed by atoms with Gasteiger partial charge in [-0.1, -0.05) is 88.4 Å². The SMILES string of the molecule is CO[C@@H]1C[C@H]2CC[C@]1(CN(Cc1ccccc1)[C@H](C(C)C)[C@H](C(=O)OC(C)(C)C)[C@H](O)c1ccccc1)C2(C)C. The van der Waals surface area contributed by atoms with Crippen molar-refractivity contribution in [3.8, 4) is 0 Å². The zero-order valence-corrected chi connectivity index (χ0v) is 25.9. The van der Waals surface area contributed by atoms with Gasteiger partial charge in [-0.3, -0.25) is 9.69 Å². The molecule has 0 saturated heterocycles. The first-order chi connectivity index (χ1) is 18.8. The van der Waals surface area contributed by atoms with Gasteiger partial charge in [-0.15, -0.1) is 0 Å². The summed E-state index contributed by atoms with van der Waals surface area (Å²) in [5, 5.41) is 11.9. The summed E-state index contributed by atoms with van der Waals surface area (Å²) in [5.74, 6) is -0.398. The predicted molar refractivity (Wildman–Crippen MR) is 161 cm³/mol. The Morgan fingerprint density at radius 3 is 2.17 bits per heavy atom. The van der Waals surface area contributed by atoms with Gasteiger partial charge in [-0.05, 0) is 68.4 Å². The normalized spacial score (nSPS) is 26.2. The number of benzene rings is 2. The lowest BCUT2D eigenvalue weighted by molar-refractivity contribution is -0.171. The maximum absolute atomic E-state index is 14.1. The van der Waals surface area contributed by atoms with E-state index in [1.54, 1.807) is 0 Å². The standard InChI is InChI=1S/C35H51NO4/c1-24(2)30(29(32(38)40-33(3,4)5)31(37)26-17-13-10-14-18-26)36(22-25-15-11-9-12-16-25)23-35-20-19-27(34(35,6)7)21-28(35)39-8/h9-18,24,27-31,37H,19-23H2,1-8H3/t27-,28-,29+,30-,31-,35-/m1/s1. The molecule has 2 aromatic rings. The van der Waals surface area contributed by atoms with Crippen molar-refractivity contribution < 1.29 is 19.4 Å². The highest BCUT2D eigenvalue weighted by Gasteiger charge is 2.65. The van der Waals surface area contributed by atoms with Crippen LogP contribution in [-0.2, 0) is 20.8 Å². The Kier molecular flexibility index (Phi) is 9.19. The van der Waals surface area contributed by atoms with Crippen molar-refractivity contribution in [2.45, 2.75) is 98.1 Å². The van der Waals surface area contributed by atoms with E-state index in [2.05, 4.69) is 56.9 Å². The maximum Gasteiger partial charge on any atom is 0.314 e. The van der Waals surface area contributed by atoms with Crippen LogP contribution < -0.4 is 0 Å². The van der Waals surface area contributed by atoms with Gasteiger partial charge in [0.2, 0.25) is 0 Å². The first kappa shape index (κ1) is 30.7. The Morgan fingerprint density at radius 2 is 1.65 bits per heavy atom. The zero-order chi connectivity index (χ0) is 29.3. The van der Waals surface area contributed by atoms with Crippen molar-refractivity contribution in [1.29, 1.82) is 0 Å². The summed E-state index contributed by atoms with van der Waals surface area (Å²) in [4.78, 5) is 16.6. The maximum atomic E-state index is 14.1. The average Bonchev–Trinajstić information content (AvgIpc) is 3.26. The molecule has 0 spiro atoms. The summed E-state index contributed by atoms with van der Waals surface area (Å²) in [5.41, 5.74) is 1.34. The number of ether oxygens (including phenoxy) is 2. The number of esters is 1. The summed E-state index contributed by atoms with van der Waals surface area (Å²) in [6.45, 7) is 16.3. The van der Waals surface area contributed by atoms with Gasteiger partial charge >= 0.3 is 5.97 Å². The van der Waals surface area contributed by atoms with E-state index in [1.807, 2.05) is 64.3 Å². The quantitative estimate of drug-likeness (QED) is 0.305. The fourth-order valence-electron chi connectivity index (χ4n) is 7.89. The molecule has 0 aliphatic heterocycles. The molecule has 0 heterocycles. The highest BCUT2D eigenvalue weighted by atomic mass is 16.6. The van der Waals surface area contributed by atoms with Gasteiger partial charge in [0.05, 0.1) is 12.2 Å². The van der Waals surface area contributed by atoms with Crippen LogP contribution >= 0.6 is 0 Å². The van der Waals surface area contributed by atoms with Crippen molar-refractivity contribution in [1.82, 2.24) is 4.90 Å². The summed E-state index contributed by atoms with van der Waals surface area (Å²) in [6.07, 6.45) is 2.58. The highest BCUT2D eigenvalue weighted by molar-refractivity contribution is 5.75. The van der Waals surface area contributed by atoms with E-state index in [1.165, 1.54) is 12.0 Å². The lowest BCUT2D eigenvalue weighted by atomic mass is 9.67. The van der Waals surface area contributed by atoms with Gasteiger partial charge in [0.25, 0.3) is 0 Å². The van der Waals surface area contributed by atoms with Crippen LogP contribution in [0.2, 0.25) is 0 Å². The van der Waals surface area contributed by atoms with E-state index < -0.39 is 17.6 Å². The molecule has 220 valence electrons. The monoisotopic (exact) mass is 549 g/mol. The van der Waals surface area contributed by atoms with E-state index in [0.29, 0.717) is 12.5 Å². The molecule has 2 saturated carbocycles. The van der Waals surface area contributed by atoms with Crippen molar-refractivity contribution >= 4 is 5.97 Å². The minimum absolute atomic E-state index is 0.0372. The second-order valence-electron chi connectivity index (χ2n) is 14.1. The van der Waals surface area contributed by atoms with Crippen LogP contribution in [0.3, 0.4) is 0 Å². The summed E-state index contributed by atoms with van der Waals surface area (Å²) >= 11 is 0. The number of aliphatic hydroxyl groups is 1. The molecule has 5 heteroatoms. The van der Waals surface area contributed by atoms with Gasteiger partial charge in [0.15, 0.2) is 0 Å². The van der Waals surface area contributed by atoms with Crippen LogP contribution in [0.5, 0.6) is 0 Å². The molecule has 0 radical (unpaired) electrons. The third kappa shape index (κ3) is 6.03. The third-order valence-corrected chi connectivity index (χ3v) is 9.99. The predicted octanol–water partition coefficient (Wildman–Crippen LogP) is 7.05. The number of hydrogen-bond donors (Lipinski definition) is 1. The molecule has 0 unspecified atom stereocenters. The molecule has 2 aromatic carbocycles. The molecule has 5 nitrogen and oxygen atoms in total. The van der Waals surface area contributed by atoms with E-state index in [4.69, 9.17) is 9.47 Å². The van der Waals surface area contributed by atoms with Crippen LogP contribution in [0.15, 0.2) is 60.7 Å². The Balaban J connectivity index is 1.82. The van der Waals surface area contributed by atoms with Crippen molar-refractivity contribution in [2.75, 3.05) is 13.7 Å². The molecule has 0 amide bonds. The van der Waals surface area contributed by atoms with Crippen LogP contribution in [0, 0.1) is 28.6 Å². The largest absolute Gasteiger partial charge is 0.460 e. The van der Waals surface area contributed by atoms with Gasteiger partial charge in [0, 0.05) is 31.7 Å². The molecule has 2 bridgehead atoms.